The molecule has 3 rings (SSSR count). The van der Waals surface area contributed by atoms with Gasteiger partial charge in [0.25, 0.3) is 5.91 Å². The summed E-state index contributed by atoms with van der Waals surface area (Å²) in [5.41, 5.74) is 1.54. The number of ether oxygens (including phenoxy) is 4. The Morgan fingerprint density at radius 1 is 0.944 bits per heavy atom. The van der Waals surface area contributed by atoms with Crippen LogP contribution in [0.3, 0.4) is 0 Å². The number of hydrogen-bond acceptors (Lipinski definition) is 7. The van der Waals surface area contributed by atoms with Gasteiger partial charge in [-0.25, -0.2) is 9.79 Å². The largest absolute Gasteiger partial charge is 0.494 e. The molecular formula is C28H34N2O6. The Kier molecular flexibility index (Phi) is 9.11. The van der Waals surface area contributed by atoms with Gasteiger partial charge in [0.15, 0.2) is 23.8 Å². The molecule has 0 saturated carbocycles. The number of aliphatic imine (C=N–C) groups is 1. The topological polar surface area (TPSA) is 86.7 Å². The van der Waals surface area contributed by atoms with Crippen LogP contribution >= 0.6 is 0 Å². The molecule has 0 saturated heterocycles. The second kappa shape index (κ2) is 12.2. The molecule has 0 unspecified atom stereocenters. The third-order valence-corrected chi connectivity index (χ3v) is 5.36. The summed E-state index contributed by atoms with van der Waals surface area (Å²) < 4.78 is 22.4. The first kappa shape index (κ1) is 26.8. The summed E-state index contributed by atoms with van der Waals surface area (Å²) in [6, 6.07) is 12.6. The minimum absolute atomic E-state index is 0.0701. The molecule has 1 amide bonds. The Morgan fingerprint density at radius 3 is 2.22 bits per heavy atom. The minimum Gasteiger partial charge on any atom is -0.494 e. The maximum Gasteiger partial charge on any atom is 0.363 e. The smallest absolute Gasteiger partial charge is 0.363 e. The summed E-state index contributed by atoms with van der Waals surface area (Å²) in [5.74, 6) is 1.26. The van der Waals surface area contributed by atoms with Gasteiger partial charge in [0.1, 0.15) is 5.75 Å². The first-order valence-corrected chi connectivity index (χ1v) is 12.2. The molecule has 0 aliphatic carbocycles. The molecule has 0 radical (unpaired) electrons. The van der Waals surface area contributed by atoms with E-state index in [0.717, 1.165) is 5.75 Å². The molecular weight excluding hydrogens is 460 g/mol. The van der Waals surface area contributed by atoms with Crippen LogP contribution in [0.1, 0.15) is 52.7 Å². The van der Waals surface area contributed by atoms with Crippen molar-refractivity contribution < 1.29 is 28.5 Å². The van der Waals surface area contributed by atoms with Crippen molar-refractivity contribution in [1.82, 2.24) is 4.90 Å². The van der Waals surface area contributed by atoms with Crippen LogP contribution in [0.4, 0.5) is 0 Å². The molecule has 8 nitrogen and oxygen atoms in total. The first-order chi connectivity index (χ1) is 17.2. The maximum atomic E-state index is 12.7. The highest BCUT2D eigenvalue weighted by Crippen LogP contribution is 2.30. The van der Waals surface area contributed by atoms with E-state index >= 15 is 0 Å². The van der Waals surface area contributed by atoms with Gasteiger partial charge >= 0.3 is 5.97 Å². The van der Waals surface area contributed by atoms with Crippen LogP contribution < -0.4 is 14.2 Å². The van der Waals surface area contributed by atoms with E-state index in [9.17, 15) is 9.59 Å². The van der Waals surface area contributed by atoms with Gasteiger partial charge in [-0.15, -0.1) is 0 Å². The lowest BCUT2D eigenvalue weighted by molar-refractivity contribution is -0.137. The molecule has 0 N–H and O–H groups in total. The molecule has 8 heteroatoms. The number of carbonyl (C=O) groups is 2. The van der Waals surface area contributed by atoms with Gasteiger partial charge in [-0.05, 0) is 89.6 Å². The average Bonchev–Trinajstić information content (AvgIpc) is 3.19. The predicted molar refractivity (Wildman–Crippen MR) is 138 cm³/mol. The molecule has 0 bridgehead atoms. The number of amides is 1. The van der Waals surface area contributed by atoms with E-state index in [0.29, 0.717) is 35.8 Å². The molecule has 192 valence electrons. The lowest BCUT2D eigenvalue weighted by Gasteiger charge is -2.30. The van der Waals surface area contributed by atoms with Gasteiger partial charge in [0.05, 0.1) is 13.2 Å². The maximum absolute atomic E-state index is 12.7. The zero-order valence-corrected chi connectivity index (χ0v) is 21.7. The van der Waals surface area contributed by atoms with Crippen molar-refractivity contribution in [2.75, 3.05) is 19.8 Å². The number of nitrogens with zero attached hydrogens (tertiary/aromatic N) is 2. The Labute approximate surface area is 212 Å². The van der Waals surface area contributed by atoms with Crippen LogP contribution in [-0.4, -0.2) is 54.6 Å². The quantitative estimate of drug-likeness (QED) is 0.328. The van der Waals surface area contributed by atoms with Crippen LogP contribution in [0.5, 0.6) is 17.2 Å². The van der Waals surface area contributed by atoms with Gasteiger partial charge in [0, 0.05) is 17.6 Å². The van der Waals surface area contributed by atoms with Crippen molar-refractivity contribution in [1.29, 1.82) is 0 Å². The zero-order valence-electron chi connectivity index (χ0n) is 21.7. The summed E-state index contributed by atoms with van der Waals surface area (Å²) >= 11 is 0. The van der Waals surface area contributed by atoms with Crippen LogP contribution in [0.15, 0.2) is 53.2 Å². The van der Waals surface area contributed by atoms with Crippen molar-refractivity contribution in [3.8, 4) is 17.2 Å². The number of esters is 1. The van der Waals surface area contributed by atoms with Crippen molar-refractivity contribution in [3.05, 3.63) is 59.3 Å². The van der Waals surface area contributed by atoms with Crippen molar-refractivity contribution >= 4 is 23.9 Å². The average molecular weight is 495 g/mol. The fraction of sp³-hybridized carbons (Fsp3) is 0.393. The first-order valence-electron chi connectivity index (χ1n) is 12.2. The lowest BCUT2D eigenvalue weighted by Crippen LogP contribution is -2.44. The van der Waals surface area contributed by atoms with Gasteiger partial charge in [0.2, 0.25) is 5.90 Å². The summed E-state index contributed by atoms with van der Waals surface area (Å²) in [5, 5.41) is 0. The van der Waals surface area contributed by atoms with Crippen LogP contribution in [0, 0.1) is 0 Å². The molecule has 0 atom stereocenters. The van der Waals surface area contributed by atoms with E-state index in [1.165, 1.54) is 0 Å². The molecule has 36 heavy (non-hydrogen) atoms. The molecule has 1 heterocycles. The number of carbonyl (C=O) groups excluding carboxylic acids is 2. The van der Waals surface area contributed by atoms with E-state index in [1.807, 2.05) is 41.5 Å². The molecule has 0 spiro atoms. The van der Waals surface area contributed by atoms with Gasteiger partial charge < -0.3 is 23.8 Å². The number of rotatable bonds is 11. The number of hydrogen-bond donors (Lipinski definition) is 0. The van der Waals surface area contributed by atoms with E-state index in [4.69, 9.17) is 18.9 Å². The Morgan fingerprint density at radius 2 is 1.61 bits per heavy atom. The molecule has 1 aliphatic rings. The third-order valence-electron chi connectivity index (χ3n) is 5.36. The van der Waals surface area contributed by atoms with E-state index in [-0.39, 0.29) is 36.2 Å². The fourth-order valence-corrected chi connectivity index (χ4v) is 3.94. The summed E-state index contributed by atoms with van der Waals surface area (Å²) in [6.07, 6.45) is 1.63. The highest BCUT2D eigenvalue weighted by Gasteiger charge is 2.25. The molecule has 1 aliphatic heterocycles. The second-order valence-electron chi connectivity index (χ2n) is 8.71. The molecule has 2 aromatic carbocycles. The summed E-state index contributed by atoms with van der Waals surface area (Å²) in [7, 11) is 0. The minimum atomic E-state index is -0.537. The lowest BCUT2D eigenvalue weighted by atomic mass is 10.1. The fourth-order valence-electron chi connectivity index (χ4n) is 3.94. The Balaban J connectivity index is 1.78. The SMILES string of the molecule is CCOc1ccc(C2=N/C(=C/c3ccc(OCC(=O)N(C(C)C)C(C)C)c(OCC)c3)C(=O)O2)cc1. The number of benzene rings is 2. The van der Waals surface area contributed by atoms with Gasteiger partial charge in [-0.3, -0.25) is 4.79 Å². The number of cyclic esters (lactones) is 1. The normalized spacial score (nSPS) is 14.2. The molecule has 0 aromatic heterocycles. The van der Waals surface area contributed by atoms with E-state index in [1.54, 1.807) is 53.4 Å². The van der Waals surface area contributed by atoms with Crippen LogP contribution in [0.2, 0.25) is 0 Å². The summed E-state index contributed by atoms with van der Waals surface area (Å²) in [6.45, 7) is 12.6. The summed E-state index contributed by atoms with van der Waals surface area (Å²) in [4.78, 5) is 31.3. The van der Waals surface area contributed by atoms with Crippen molar-refractivity contribution in [3.63, 3.8) is 0 Å². The van der Waals surface area contributed by atoms with Gasteiger partial charge in [-0.1, -0.05) is 6.07 Å². The molecule has 2 aromatic rings. The van der Waals surface area contributed by atoms with Crippen LogP contribution in [0.25, 0.3) is 6.08 Å². The highest BCUT2D eigenvalue weighted by molar-refractivity contribution is 6.12. The van der Waals surface area contributed by atoms with E-state index < -0.39 is 5.97 Å². The Hall–Kier alpha value is -3.81. The standard InChI is InChI=1S/C28H34N2O6/c1-7-33-22-12-10-21(11-13-22)27-29-23(28(32)36-27)15-20-9-14-24(25(16-20)34-8-2)35-17-26(31)30(18(3)4)19(5)6/h9-16,18-19H,7-8,17H2,1-6H3/b23-15+. The van der Waals surface area contributed by atoms with Gasteiger partial charge in [-0.2, -0.15) is 0 Å². The predicted octanol–water partition coefficient (Wildman–Crippen LogP) is 4.85. The van der Waals surface area contributed by atoms with Crippen molar-refractivity contribution in [2.24, 2.45) is 4.99 Å². The van der Waals surface area contributed by atoms with E-state index in [2.05, 4.69) is 4.99 Å². The zero-order chi connectivity index (χ0) is 26.2. The second-order valence-corrected chi connectivity index (χ2v) is 8.71. The third kappa shape index (κ3) is 6.65. The molecule has 0 fully saturated rings. The monoisotopic (exact) mass is 494 g/mol. The Bertz CT molecular complexity index is 1130. The highest BCUT2D eigenvalue weighted by atomic mass is 16.6. The van der Waals surface area contributed by atoms with Crippen LogP contribution in [-0.2, 0) is 14.3 Å². The van der Waals surface area contributed by atoms with Crippen molar-refractivity contribution in [2.45, 2.75) is 53.6 Å².